The van der Waals surface area contributed by atoms with Gasteiger partial charge in [-0.2, -0.15) is 13.2 Å². The SMILES string of the molecule is CCNC(=NCc1cccc(OC)n1)NC1CCN(CC(F)(F)F)C1.I. The molecule has 0 spiro atoms. The van der Waals surface area contributed by atoms with Gasteiger partial charge in [-0.3, -0.25) is 4.90 Å². The summed E-state index contributed by atoms with van der Waals surface area (Å²) < 4.78 is 42.5. The molecule has 1 unspecified atom stereocenters. The molecule has 0 saturated carbocycles. The lowest BCUT2D eigenvalue weighted by Gasteiger charge is -2.19. The maximum atomic E-state index is 12.5. The molecular weight excluding hydrogens is 462 g/mol. The summed E-state index contributed by atoms with van der Waals surface area (Å²) in [4.78, 5) is 10.2. The summed E-state index contributed by atoms with van der Waals surface area (Å²) in [6, 6.07) is 5.38. The van der Waals surface area contributed by atoms with E-state index in [9.17, 15) is 13.2 Å². The number of alkyl halides is 3. The molecule has 1 aromatic heterocycles. The molecule has 0 aromatic carbocycles. The summed E-state index contributed by atoms with van der Waals surface area (Å²) in [6.45, 7) is 2.86. The number of aliphatic imine (C=N–C) groups is 1. The number of hydrogen-bond acceptors (Lipinski definition) is 4. The van der Waals surface area contributed by atoms with Crippen LogP contribution in [-0.2, 0) is 6.54 Å². The van der Waals surface area contributed by atoms with E-state index in [0.29, 0.717) is 44.4 Å². The van der Waals surface area contributed by atoms with Crippen LogP contribution >= 0.6 is 24.0 Å². The Bertz CT molecular complexity index is 585. The molecule has 2 N–H and O–H groups in total. The van der Waals surface area contributed by atoms with Crippen LogP contribution in [0.4, 0.5) is 13.2 Å². The first-order chi connectivity index (χ1) is 11.9. The number of hydrogen-bond donors (Lipinski definition) is 2. The maximum absolute atomic E-state index is 12.5. The molecule has 1 fully saturated rings. The van der Waals surface area contributed by atoms with E-state index in [0.717, 1.165) is 5.69 Å². The molecule has 0 radical (unpaired) electrons. The second-order valence-electron chi connectivity index (χ2n) is 5.85. The fraction of sp³-hybridized carbons (Fsp3) is 0.625. The largest absolute Gasteiger partial charge is 0.481 e. The lowest BCUT2D eigenvalue weighted by Crippen LogP contribution is -2.45. The van der Waals surface area contributed by atoms with E-state index in [-0.39, 0.29) is 30.0 Å². The van der Waals surface area contributed by atoms with Crippen molar-refractivity contribution in [1.82, 2.24) is 20.5 Å². The monoisotopic (exact) mass is 487 g/mol. The van der Waals surface area contributed by atoms with Crippen LogP contribution in [0.3, 0.4) is 0 Å². The molecule has 1 atom stereocenters. The number of guanidine groups is 1. The molecule has 6 nitrogen and oxygen atoms in total. The van der Waals surface area contributed by atoms with E-state index in [4.69, 9.17) is 4.74 Å². The van der Waals surface area contributed by atoms with Gasteiger partial charge in [-0.05, 0) is 19.4 Å². The van der Waals surface area contributed by atoms with Gasteiger partial charge in [-0.25, -0.2) is 9.98 Å². The second-order valence-corrected chi connectivity index (χ2v) is 5.85. The molecule has 148 valence electrons. The maximum Gasteiger partial charge on any atom is 0.401 e. The van der Waals surface area contributed by atoms with Crippen molar-refractivity contribution in [2.75, 3.05) is 33.3 Å². The van der Waals surface area contributed by atoms with Crippen LogP contribution in [0.5, 0.6) is 5.88 Å². The summed E-state index contributed by atoms with van der Waals surface area (Å²) >= 11 is 0. The number of aromatic nitrogens is 1. The number of methoxy groups -OCH3 is 1. The van der Waals surface area contributed by atoms with Gasteiger partial charge in [0.1, 0.15) is 0 Å². The Labute approximate surface area is 168 Å². The molecule has 1 aromatic rings. The standard InChI is InChI=1S/C16H24F3N5O.HI/c1-3-20-15(21-9-12-5-4-6-14(22-12)25-2)23-13-7-8-24(10-13)11-16(17,18)19;/h4-6,13H,3,7-11H2,1-2H3,(H2,20,21,23);1H. The summed E-state index contributed by atoms with van der Waals surface area (Å²) in [5.74, 6) is 1.09. The summed E-state index contributed by atoms with van der Waals surface area (Å²) in [5.41, 5.74) is 0.752. The first kappa shape index (κ1) is 22.7. The van der Waals surface area contributed by atoms with E-state index in [1.807, 2.05) is 19.1 Å². The normalized spacial score (nSPS) is 18.3. The topological polar surface area (TPSA) is 61.8 Å². The molecule has 0 aliphatic carbocycles. The molecule has 2 rings (SSSR count). The number of rotatable bonds is 6. The van der Waals surface area contributed by atoms with Gasteiger partial charge in [0.15, 0.2) is 5.96 Å². The van der Waals surface area contributed by atoms with Crippen molar-refractivity contribution >= 4 is 29.9 Å². The van der Waals surface area contributed by atoms with Gasteiger partial charge in [0.25, 0.3) is 0 Å². The molecule has 0 amide bonds. The first-order valence-electron chi connectivity index (χ1n) is 8.23. The van der Waals surface area contributed by atoms with Crippen molar-refractivity contribution in [3.63, 3.8) is 0 Å². The molecule has 0 bridgehead atoms. The van der Waals surface area contributed by atoms with E-state index >= 15 is 0 Å². The Morgan fingerprint density at radius 1 is 1.42 bits per heavy atom. The zero-order chi connectivity index (χ0) is 18.3. The zero-order valence-corrected chi connectivity index (χ0v) is 17.2. The Balaban J connectivity index is 0.00000338. The van der Waals surface area contributed by atoms with Crippen LogP contribution in [0.1, 0.15) is 19.0 Å². The minimum atomic E-state index is -4.16. The number of ether oxygens (including phenoxy) is 1. The fourth-order valence-electron chi connectivity index (χ4n) is 2.68. The van der Waals surface area contributed by atoms with E-state index in [2.05, 4.69) is 20.6 Å². The highest BCUT2D eigenvalue weighted by Crippen LogP contribution is 2.19. The van der Waals surface area contributed by atoms with Crippen molar-refractivity contribution in [2.24, 2.45) is 4.99 Å². The van der Waals surface area contributed by atoms with Crippen molar-refractivity contribution in [2.45, 2.75) is 32.1 Å². The lowest BCUT2D eigenvalue weighted by atomic mass is 10.3. The van der Waals surface area contributed by atoms with Crippen LogP contribution in [0.2, 0.25) is 0 Å². The first-order valence-corrected chi connectivity index (χ1v) is 8.23. The Morgan fingerprint density at radius 2 is 2.19 bits per heavy atom. The molecule has 2 heterocycles. The third-order valence-electron chi connectivity index (χ3n) is 3.75. The van der Waals surface area contributed by atoms with Gasteiger partial charge in [0, 0.05) is 31.7 Å². The van der Waals surface area contributed by atoms with Crippen LogP contribution in [0.15, 0.2) is 23.2 Å². The summed E-state index contributed by atoms with van der Waals surface area (Å²) in [5, 5.41) is 6.31. The van der Waals surface area contributed by atoms with Gasteiger partial charge in [-0.1, -0.05) is 6.07 Å². The molecule has 26 heavy (non-hydrogen) atoms. The molecule has 1 saturated heterocycles. The van der Waals surface area contributed by atoms with Crippen molar-refractivity contribution < 1.29 is 17.9 Å². The van der Waals surface area contributed by atoms with Crippen molar-refractivity contribution in [3.8, 4) is 5.88 Å². The van der Waals surface area contributed by atoms with Crippen LogP contribution in [0.25, 0.3) is 0 Å². The van der Waals surface area contributed by atoms with E-state index in [1.165, 1.54) is 4.90 Å². The van der Waals surface area contributed by atoms with E-state index in [1.54, 1.807) is 13.2 Å². The minimum Gasteiger partial charge on any atom is -0.481 e. The van der Waals surface area contributed by atoms with Crippen LogP contribution < -0.4 is 15.4 Å². The number of likely N-dealkylation sites (tertiary alicyclic amines) is 1. The average molecular weight is 487 g/mol. The third-order valence-corrected chi connectivity index (χ3v) is 3.75. The molecular formula is C16H25F3IN5O. The summed E-state index contributed by atoms with van der Waals surface area (Å²) in [7, 11) is 1.55. The van der Waals surface area contributed by atoms with Gasteiger partial charge in [-0.15, -0.1) is 24.0 Å². The smallest absolute Gasteiger partial charge is 0.401 e. The quantitative estimate of drug-likeness (QED) is 0.367. The van der Waals surface area contributed by atoms with Crippen molar-refractivity contribution in [1.29, 1.82) is 0 Å². The van der Waals surface area contributed by atoms with Gasteiger partial charge in [0.2, 0.25) is 5.88 Å². The van der Waals surface area contributed by atoms with Crippen LogP contribution in [0, 0.1) is 0 Å². The Morgan fingerprint density at radius 3 is 2.85 bits per heavy atom. The average Bonchev–Trinajstić information content (AvgIpc) is 2.98. The Hall–Kier alpha value is -1.30. The molecule has 1 aliphatic heterocycles. The van der Waals surface area contributed by atoms with Gasteiger partial charge in [0.05, 0.1) is 25.9 Å². The highest BCUT2D eigenvalue weighted by Gasteiger charge is 2.34. The van der Waals surface area contributed by atoms with Crippen molar-refractivity contribution in [3.05, 3.63) is 23.9 Å². The summed E-state index contributed by atoms with van der Waals surface area (Å²) in [6.07, 6.45) is -3.51. The minimum absolute atomic E-state index is 0. The third kappa shape index (κ3) is 7.94. The lowest BCUT2D eigenvalue weighted by molar-refractivity contribution is -0.143. The highest BCUT2D eigenvalue weighted by atomic mass is 127. The number of halogens is 4. The molecule has 1 aliphatic rings. The predicted molar refractivity (Wildman–Crippen MR) is 105 cm³/mol. The second kappa shape index (κ2) is 10.8. The zero-order valence-electron chi connectivity index (χ0n) is 14.8. The molecule has 10 heteroatoms. The fourth-order valence-corrected chi connectivity index (χ4v) is 2.68. The number of nitrogens with zero attached hydrogens (tertiary/aromatic N) is 3. The van der Waals surface area contributed by atoms with Gasteiger partial charge >= 0.3 is 6.18 Å². The number of nitrogens with one attached hydrogen (secondary N) is 2. The number of pyridine rings is 1. The Kier molecular flexibility index (Phi) is 9.41. The van der Waals surface area contributed by atoms with Gasteiger partial charge < -0.3 is 15.4 Å². The van der Waals surface area contributed by atoms with Crippen LogP contribution in [-0.4, -0.2) is 61.4 Å². The van der Waals surface area contributed by atoms with E-state index < -0.39 is 12.7 Å². The highest BCUT2D eigenvalue weighted by molar-refractivity contribution is 14.0. The predicted octanol–water partition coefficient (Wildman–Crippen LogP) is 2.40.